The number of hydrogen-bond acceptors (Lipinski definition) is 1. The second-order valence-corrected chi connectivity index (χ2v) is 10.6. The molecule has 0 amide bonds. The molecular formula is C25H47N. The molecule has 0 N–H and O–H groups in total. The van der Waals surface area contributed by atoms with E-state index in [9.17, 15) is 0 Å². The summed E-state index contributed by atoms with van der Waals surface area (Å²) in [6, 6.07) is 0.729. The van der Waals surface area contributed by atoms with Crippen molar-refractivity contribution in [1.82, 2.24) is 4.90 Å². The molecule has 2 fully saturated rings. The van der Waals surface area contributed by atoms with Gasteiger partial charge in [-0.15, -0.1) is 0 Å². The molecule has 0 spiro atoms. The molecule has 152 valence electrons. The molecule has 26 heavy (non-hydrogen) atoms. The summed E-state index contributed by atoms with van der Waals surface area (Å²) in [4.78, 5) is 2.90. The van der Waals surface area contributed by atoms with Crippen molar-refractivity contribution in [3.05, 3.63) is 12.2 Å². The summed E-state index contributed by atoms with van der Waals surface area (Å²) in [6.45, 7) is 19.9. The molecule has 0 bridgehead atoms. The van der Waals surface area contributed by atoms with Gasteiger partial charge in [0.1, 0.15) is 0 Å². The average molecular weight is 362 g/mol. The Morgan fingerprint density at radius 3 is 2.23 bits per heavy atom. The van der Waals surface area contributed by atoms with E-state index in [1.165, 1.54) is 70.9 Å². The fourth-order valence-electron chi connectivity index (χ4n) is 6.37. The van der Waals surface area contributed by atoms with E-state index in [4.69, 9.17) is 0 Å². The van der Waals surface area contributed by atoms with Crippen molar-refractivity contribution >= 4 is 0 Å². The maximum absolute atomic E-state index is 2.90. The summed E-state index contributed by atoms with van der Waals surface area (Å²) >= 11 is 0. The lowest BCUT2D eigenvalue weighted by molar-refractivity contribution is -0.0344. The minimum Gasteiger partial charge on any atom is -0.299 e. The van der Waals surface area contributed by atoms with E-state index in [1.807, 2.05) is 0 Å². The van der Waals surface area contributed by atoms with Crippen molar-refractivity contribution < 1.29 is 0 Å². The Morgan fingerprint density at radius 2 is 1.62 bits per heavy atom. The molecule has 0 aromatic rings. The van der Waals surface area contributed by atoms with Gasteiger partial charge in [-0.1, -0.05) is 73.0 Å². The highest BCUT2D eigenvalue weighted by molar-refractivity contribution is 5.08. The SMILES string of the molecule is CC=CC1CN(CCC)C(CCC)C(C)(C)CCC2(C)CCCCC12C. The van der Waals surface area contributed by atoms with E-state index < -0.39 is 0 Å². The first-order valence-electron chi connectivity index (χ1n) is 11.6. The molecule has 1 heterocycles. The normalized spacial score (nSPS) is 39.2. The predicted molar refractivity (Wildman–Crippen MR) is 117 cm³/mol. The van der Waals surface area contributed by atoms with Gasteiger partial charge in [0.25, 0.3) is 0 Å². The summed E-state index contributed by atoms with van der Waals surface area (Å²) in [7, 11) is 0. The van der Waals surface area contributed by atoms with Crippen LogP contribution in [0.15, 0.2) is 12.2 Å². The molecule has 1 heteroatoms. The number of hydrogen-bond donors (Lipinski definition) is 0. The molecule has 1 aliphatic carbocycles. The Morgan fingerprint density at radius 1 is 0.923 bits per heavy atom. The first kappa shape index (κ1) is 22.0. The van der Waals surface area contributed by atoms with Gasteiger partial charge >= 0.3 is 0 Å². The molecule has 0 radical (unpaired) electrons. The van der Waals surface area contributed by atoms with Crippen LogP contribution in [0.1, 0.15) is 106 Å². The Labute approximate surface area is 165 Å². The van der Waals surface area contributed by atoms with Crippen molar-refractivity contribution in [2.45, 2.75) is 112 Å². The highest BCUT2D eigenvalue weighted by Crippen LogP contribution is 2.59. The Kier molecular flexibility index (Phi) is 7.45. The average Bonchev–Trinajstić information content (AvgIpc) is 2.61. The Balaban J connectivity index is 2.50. The fraction of sp³-hybridized carbons (Fsp3) is 0.920. The predicted octanol–water partition coefficient (Wildman–Crippen LogP) is 7.47. The molecule has 1 saturated carbocycles. The number of fused-ring (bicyclic) bond motifs is 1. The van der Waals surface area contributed by atoms with E-state index in [2.05, 4.69) is 65.5 Å². The van der Waals surface area contributed by atoms with Crippen molar-refractivity contribution in [1.29, 1.82) is 0 Å². The summed E-state index contributed by atoms with van der Waals surface area (Å²) in [5.41, 5.74) is 1.35. The van der Waals surface area contributed by atoms with E-state index in [0.717, 1.165) is 6.04 Å². The van der Waals surface area contributed by atoms with Gasteiger partial charge in [0, 0.05) is 12.6 Å². The zero-order valence-electron chi connectivity index (χ0n) is 19.0. The van der Waals surface area contributed by atoms with Gasteiger partial charge in [-0.05, 0) is 74.2 Å². The second-order valence-electron chi connectivity index (χ2n) is 10.6. The van der Waals surface area contributed by atoms with Gasteiger partial charge in [0.2, 0.25) is 0 Å². The maximum atomic E-state index is 2.90. The van der Waals surface area contributed by atoms with E-state index in [-0.39, 0.29) is 0 Å². The molecule has 0 aromatic heterocycles. The fourth-order valence-corrected chi connectivity index (χ4v) is 6.37. The van der Waals surface area contributed by atoms with Gasteiger partial charge in [-0.25, -0.2) is 0 Å². The van der Waals surface area contributed by atoms with Crippen LogP contribution in [-0.4, -0.2) is 24.0 Å². The zero-order valence-corrected chi connectivity index (χ0v) is 19.0. The van der Waals surface area contributed by atoms with E-state index in [0.29, 0.717) is 22.2 Å². The van der Waals surface area contributed by atoms with Crippen LogP contribution in [0.2, 0.25) is 0 Å². The van der Waals surface area contributed by atoms with Gasteiger partial charge in [-0.2, -0.15) is 0 Å². The number of nitrogens with zero attached hydrogens (tertiary/aromatic N) is 1. The third kappa shape index (κ3) is 4.23. The molecule has 1 saturated heterocycles. The largest absolute Gasteiger partial charge is 0.299 e. The summed E-state index contributed by atoms with van der Waals surface area (Å²) in [6.07, 6.45) is 17.3. The van der Waals surface area contributed by atoms with Crippen molar-refractivity contribution in [3.63, 3.8) is 0 Å². The molecule has 2 rings (SSSR count). The van der Waals surface area contributed by atoms with Crippen LogP contribution in [0, 0.1) is 22.2 Å². The summed E-state index contributed by atoms with van der Waals surface area (Å²) in [5.74, 6) is 0.692. The van der Waals surface area contributed by atoms with Gasteiger partial charge < -0.3 is 0 Å². The van der Waals surface area contributed by atoms with E-state index in [1.54, 1.807) is 0 Å². The lowest BCUT2D eigenvalue weighted by Gasteiger charge is -2.54. The van der Waals surface area contributed by atoms with Crippen molar-refractivity contribution in [3.8, 4) is 0 Å². The minimum atomic E-state index is 0.414. The van der Waals surface area contributed by atoms with Crippen molar-refractivity contribution in [2.24, 2.45) is 22.2 Å². The van der Waals surface area contributed by atoms with Gasteiger partial charge in [0.05, 0.1) is 0 Å². The standard InChI is InChI=1S/C25H47N/c1-8-13-21-20-26(19-10-3)22(14-9-2)23(4,5)17-18-24(6)15-11-12-16-25(21,24)7/h8,13,21-22H,9-12,14-20H2,1-7H3. The zero-order chi connectivity index (χ0) is 19.4. The minimum absolute atomic E-state index is 0.414. The molecule has 1 aliphatic heterocycles. The Hall–Kier alpha value is -0.300. The number of rotatable bonds is 5. The van der Waals surface area contributed by atoms with Crippen LogP contribution in [0.3, 0.4) is 0 Å². The molecule has 4 unspecified atom stereocenters. The molecule has 4 atom stereocenters. The maximum Gasteiger partial charge on any atom is 0.0146 e. The quantitative estimate of drug-likeness (QED) is 0.459. The topological polar surface area (TPSA) is 3.24 Å². The molecule has 1 nitrogen and oxygen atoms in total. The third-order valence-corrected chi connectivity index (χ3v) is 8.46. The van der Waals surface area contributed by atoms with Crippen LogP contribution in [0.25, 0.3) is 0 Å². The summed E-state index contributed by atoms with van der Waals surface area (Å²) in [5, 5.41) is 0. The van der Waals surface area contributed by atoms with Crippen LogP contribution in [0.4, 0.5) is 0 Å². The van der Waals surface area contributed by atoms with Gasteiger partial charge in [-0.3, -0.25) is 4.90 Å². The lowest BCUT2D eigenvalue weighted by atomic mass is 9.51. The first-order valence-corrected chi connectivity index (χ1v) is 11.6. The van der Waals surface area contributed by atoms with Crippen LogP contribution >= 0.6 is 0 Å². The number of allylic oxidation sites excluding steroid dienone is 1. The molecular weight excluding hydrogens is 314 g/mol. The highest BCUT2D eigenvalue weighted by atomic mass is 15.2. The monoisotopic (exact) mass is 361 g/mol. The van der Waals surface area contributed by atoms with Crippen molar-refractivity contribution in [2.75, 3.05) is 13.1 Å². The molecule has 0 aromatic carbocycles. The van der Waals surface area contributed by atoms with Crippen LogP contribution in [0.5, 0.6) is 0 Å². The third-order valence-electron chi connectivity index (χ3n) is 8.46. The first-order chi connectivity index (χ1) is 12.2. The van der Waals surface area contributed by atoms with Gasteiger partial charge in [0.15, 0.2) is 0 Å². The van der Waals surface area contributed by atoms with Crippen LogP contribution < -0.4 is 0 Å². The summed E-state index contributed by atoms with van der Waals surface area (Å²) < 4.78 is 0. The van der Waals surface area contributed by atoms with E-state index >= 15 is 0 Å². The lowest BCUT2D eigenvalue weighted by Crippen LogP contribution is -2.50. The second kappa shape index (κ2) is 8.80. The molecule has 2 aliphatic rings. The van der Waals surface area contributed by atoms with Crippen LogP contribution in [-0.2, 0) is 0 Å². The highest BCUT2D eigenvalue weighted by Gasteiger charge is 2.52. The smallest absolute Gasteiger partial charge is 0.0146 e. The Bertz CT molecular complexity index is 465.